The van der Waals surface area contributed by atoms with Crippen molar-refractivity contribution in [3.8, 4) is 0 Å². The molecule has 23 heavy (non-hydrogen) atoms. The van der Waals surface area contributed by atoms with Crippen molar-refractivity contribution < 1.29 is 9.59 Å². The van der Waals surface area contributed by atoms with E-state index < -0.39 is 5.37 Å². The molecular weight excluding hydrogens is 314 g/mol. The van der Waals surface area contributed by atoms with Crippen LogP contribution in [0, 0.1) is 5.92 Å². The fraction of sp³-hybridized carbons (Fsp3) is 0.882. The Kier molecular flexibility index (Phi) is 7.47. The van der Waals surface area contributed by atoms with Crippen LogP contribution in [0.15, 0.2) is 0 Å². The van der Waals surface area contributed by atoms with E-state index in [1.165, 1.54) is 44.9 Å². The molecule has 1 saturated heterocycles. The molecule has 0 aromatic rings. The SMILES string of the molecule is CN(CCCCC1CCCCC1)C(=O)N1CCN(C(=O)Cl)CC1. The molecule has 0 radical (unpaired) electrons. The first-order chi connectivity index (χ1) is 11.1. The summed E-state index contributed by atoms with van der Waals surface area (Å²) in [7, 11) is 1.88. The highest BCUT2D eigenvalue weighted by Crippen LogP contribution is 2.27. The highest BCUT2D eigenvalue weighted by atomic mass is 35.5. The van der Waals surface area contributed by atoms with E-state index in [0.717, 1.165) is 18.9 Å². The lowest BCUT2D eigenvalue weighted by molar-refractivity contribution is 0.130. The Morgan fingerprint density at radius 3 is 2.22 bits per heavy atom. The number of halogens is 1. The molecule has 1 aliphatic heterocycles. The van der Waals surface area contributed by atoms with Gasteiger partial charge in [0.05, 0.1) is 0 Å². The van der Waals surface area contributed by atoms with E-state index in [9.17, 15) is 9.59 Å². The Morgan fingerprint density at radius 2 is 1.61 bits per heavy atom. The molecule has 0 bridgehead atoms. The van der Waals surface area contributed by atoms with Crippen molar-refractivity contribution in [3.63, 3.8) is 0 Å². The van der Waals surface area contributed by atoms with Gasteiger partial charge in [-0.25, -0.2) is 4.79 Å². The van der Waals surface area contributed by atoms with Gasteiger partial charge in [-0.2, -0.15) is 0 Å². The van der Waals surface area contributed by atoms with Gasteiger partial charge in [0.25, 0.3) is 0 Å². The van der Waals surface area contributed by atoms with Crippen LogP contribution in [-0.2, 0) is 0 Å². The van der Waals surface area contributed by atoms with Gasteiger partial charge in [-0.3, -0.25) is 4.79 Å². The largest absolute Gasteiger partial charge is 0.328 e. The van der Waals surface area contributed by atoms with Crippen molar-refractivity contribution in [2.75, 3.05) is 39.8 Å². The molecule has 132 valence electrons. The van der Waals surface area contributed by atoms with Crippen LogP contribution < -0.4 is 0 Å². The highest BCUT2D eigenvalue weighted by Gasteiger charge is 2.25. The van der Waals surface area contributed by atoms with E-state index in [1.54, 1.807) is 4.90 Å². The summed E-state index contributed by atoms with van der Waals surface area (Å²) in [6.45, 7) is 3.03. The zero-order valence-electron chi connectivity index (χ0n) is 14.3. The number of piperazine rings is 1. The molecule has 2 rings (SSSR count). The minimum atomic E-state index is -0.423. The fourth-order valence-corrected chi connectivity index (χ4v) is 3.84. The van der Waals surface area contributed by atoms with Gasteiger partial charge in [0.2, 0.25) is 0 Å². The second-order valence-corrected chi connectivity index (χ2v) is 7.25. The molecule has 2 aliphatic rings. The van der Waals surface area contributed by atoms with Crippen LogP contribution in [0.1, 0.15) is 51.4 Å². The first-order valence-electron chi connectivity index (χ1n) is 9.02. The van der Waals surface area contributed by atoms with Crippen molar-refractivity contribution in [1.29, 1.82) is 0 Å². The molecule has 1 saturated carbocycles. The summed E-state index contributed by atoms with van der Waals surface area (Å²) >= 11 is 5.47. The number of amides is 3. The van der Waals surface area contributed by atoms with Crippen LogP contribution in [-0.4, -0.2) is 65.9 Å². The third-order valence-electron chi connectivity index (χ3n) is 5.21. The second kappa shape index (κ2) is 9.36. The summed E-state index contributed by atoms with van der Waals surface area (Å²) in [6, 6.07) is 0.0735. The van der Waals surface area contributed by atoms with Crippen LogP contribution in [0.2, 0.25) is 0 Å². The number of unbranched alkanes of at least 4 members (excludes halogenated alkanes) is 1. The maximum Gasteiger partial charge on any atom is 0.319 e. The third-order valence-corrected chi connectivity index (χ3v) is 5.45. The number of carbonyl (C=O) groups is 2. The van der Waals surface area contributed by atoms with Gasteiger partial charge in [-0.05, 0) is 23.9 Å². The summed E-state index contributed by atoms with van der Waals surface area (Å²) in [6.07, 6.45) is 10.6. The summed E-state index contributed by atoms with van der Waals surface area (Å²) in [5.41, 5.74) is 0. The van der Waals surface area contributed by atoms with Gasteiger partial charge in [0.1, 0.15) is 0 Å². The molecule has 0 N–H and O–H groups in total. The Hall–Kier alpha value is -0.970. The highest BCUT2D eigenvalue weighted by molar-refractivity contribution is 6.62. The zero-order chi connectivity index (χ0) is 16.7. The Balaban J connectivity index is 1.60. The van der Waals surface area contributed by atoms with E-state index in [0.29, 0.717) is 26.2 Å². The molecule has 3 amide bonds. The van der Waals surface area contributed by atoms with Gasteiger partial charge in [-0.15, -0.1) is 0 Å². The van der Waals surface area contributed by atoms with Crippen molar-refractivity contribution in [2.24, 2.45) is 5.92 Å². The van der Waals surface area contributed by atoms with E-state index in [1.807, 2.05) is 16.8 Å². The lowest BCUT2D eigenvalue weighted by Crippen LogP contribution is -2.52. The molecule has 0 atom stereocenters. The van der Waals surface area contributed by atoms with Gasteiger partial charge in [0, 0.05) is 39.8 Å². The standard InChI is InChI=1S/C17H30ClN3O2/c1-19(10-6-5-9-15-7-3-2-4-8-15)17(23)21-13-11-20(12-14-21)16(18)22/h15H,2-14H2,1H3. The van der Waals surface area contributed by atoms with Crippen LogP contribution in [0.3, 0.4) is 0 Å². The topological polar surface area (TPSA) is 43.9 Å². The molecule has 0 spiro atoms. The van der Waals surface area contributed by atoms with Gasteiger partial charge >= 0.3 is 11.4 Å². The molecule has 1 aliphatic carbocycles. The average molecular weight is 344 g/mol. The summed E-state index contributed by atoms with van der Waals surface area (Å²) < 4.78 is 0. The van der Waals surface area contributed by atoms with Crippen molar-refractivity contribution in [1.82, 2.24) is 14.7 Å². The van der Waals surface area contributed by atoms with E-state index in [4.69, 9.17) is 11.6 Å². The third kappa shape index (κ3) is 5.87. The Bertz CT molecular complexity index is 391. The van der Waals surface area contributed by atoms with Crippen LogP contribution in [0.4, 0.5) is 9.59 Å². The van der Waals surface area contributed by atoms with Gasteiger partial charge < -0.3 is 14.7 Å². The zero-order valence-corrected chi connectivity index (χ0v) is 15.1. The van der Waals surface area contributed by atoms with E-state index in [2.05, 4.69) is 0 Å². The van der Waals surface area contributed by atoms with Gasteiger partial charge in [-0.1, -0.05) is 44.9 Å². The second-order valence-electron chi connectivity index (χ2n) is 6.93. The number of carbonyl (C=O) groups excluding carboxylic acids is 2. The first kappa shape index (κ1) is 18.4. The summed E-state index contributed by atoms with van der Waals surface area (Å²) in [5.74, 6) is 0.922. The number of nitrogens with zero attached hydrogens (tertiary/aromatic N) is 3. The minimum absolute atomic E-state index is 0.0735. The molecule has 5 nitrogen and oxygen atoms in total. The molecule has 0 aromatic heterocycles. The lowest BCUT2D eigenvalue weighted by Gasteiger charge is -2.35. The minimum Gasteiger partial charge on any atom is -0.328 e. The molecular formula is C17H30ClN3O2. The smallest absolute Gasteiger partial charge is 0.319 e. The van der Waals surface area contributed by atoms with Crippen molar-refractivity contribution >= 4 is 23.0 Å². The van der Waals surface area contributed by atoms with Gasteiger partial charge in [0.15, 0.2) is 0 Å². The van der Waals surface area contributed by atoms with E-state index in [-0.39, 0.29) is 6.03 Å². The summed E-state index contributed by atoms with van der Waals surface area (Å²) in [5, 5.41) is -0.423. The fourth-order valence-electron chi connectivity index (χ4n) is 3.67. The van der Waals surface area contributed by atoms with Crippen LogP contribution >= 0.6 is 11.6 Å². The van der Waals surface area contributed by atoms with E-state index >= 15 is 0 Å². The number of rotatable bonds is 5. The molecule has 0 aromatic carbocycles. The molecule has 2 fully saturated rings. The lowest BCUT2D eigenvalue weighted by atomic mass is 9.86. The maximum absolute atomic E-state index is 12.4. The average Bonchev–Trinajstić information content (AvgIpc) is 2.59. The Labute approximate surface area is 144 Å². The number of hydrogen-bond acceptors (Lipinski definition) is 2. The van der Waals surface area contributed by atoms with Crippen molar-refractivity contribution in [3.05, 3.63) is 0 Å². The monoisotopic (exact) mass is 343 g/mol. The number of hydrogen-bond donors (Lipinski definition) is 0. The normalized spacial score (nSPS) is 19.7. The summed E-state index contributed by atoms with van der Waals surface area (Å²) in [4.78, 5) is 28.7. The molecule has 6 heteroatoms. The maximum atomic E-state index is 12.4. The quantitative estimate of drug-likeness (QED) is 0.433. The van der Waals surface area contributed by atoms with Crippen molar-refractivity contribution in [2.45, 2.75) is 51.4 Å². The van der Waals surface area contributed by atoms with Crippen LogP contribution in [0.5, 0.6) is 0 Å². The predicted octanol–water partition coefficient (Wildman–Crippen LogP) is 3.77. The predicted molar refractivity (Wildman–Crippen MR) is 92.8 cm³/mol. The molecule has 0 unspecified atom stereocenters. The first-order valence-corrected chi connectivity index (χ1v) is 9.40. The molecule has 1 heterocycles. The number of urea groups is 1. The Morgan fingerprint density at radius 1 is 1.00 bits per heavy atom. The van der Waals surface area contributed by atoms with Crippen LogP contribution in [0.25, 0.3) is 0 Å².